The van der Waals surface area contributed by atoms with E-state index >= 15 is 0 Å². The van der Waals surface area contributed by atoms with Gasteiger partial charge < -0.3 is 5.73 Å². The molecule has 1 aliphatic heterocycles. The standard InChI is InChI=1S/C15H30N2/c1-15(2,3)12-8-10-17(11-9-12)14-7-5-4-6-13(14)16/h12-14H,4-11,16H2,1-3H3. The van der Waals surface area contributed by atoms with E-state index in [9.17, 15) is 0 Å². The number of rotatable bonds is 1. The van der Waals surface area contributed by atoms with Crippen molar-refractivity contribution in [1.29, 1.82) is 0 Å². The molecule has 0 aromatic heterocycles. The molecule has 2 unspecified atom stereocenters. The van der Waals surface area contributed by atoms with Crippen LogP contribution in [0.15, 0.2) is 0 Å². The third-order valence-electron chi connectivity index (χ3n) is 5.00. The monoisotopic (exact) mass is 238 g/mol. The summed E-state index contributed by atoms with van der Waals surface area (Å²) < 4.78 is 0. The van der Waals surface area contributed by atoms with E-state index in [1.807, 2.05) is 0 Å². The molecule has 0 amide bonds. The van der Waals surface area contributed by atoms with Gasteiger partial charge in [0.05, 0.1) is 0 Å². The van der Waals surface area contributed by atoms with E-state index in [1.54, 1.807) is 0 Å². The predicted molar refractivity (Wildman–Crippen MR) is 74.0 cm³/mol. The van der Waals surface area contributed by atoms with Crippen LogP contribution in [0.5, 0.6) is 0 Å². The first-order chi connectivity index (χ1) is 7.98. The van der Waals surface area contributed by atoms with Crippen molar-refractivity contribution in [2.75, 3.05) is 13.1 Å². The molecule has 0 radical (unpaired) electrons. The third-order valence-corrected chi connectivity index (χ3v) is 5.00. The van der Waals surface area contributed by atoms with Gasteiger partial charge in [0.1, 0.15) is 0 Å². The molecular formula is C15H30N2. The van der Waals surface area contributed by atoms with Crippen LogP contribution in [0, 0.1) is 11.3 Å². The fourth-order valence-electron chi connectivity index (χ4n) is 3.69. The summed E-state index contributed by atoms with van der Waals surface area (Å²) in [6.45, 7) is 9.72. The van der Waals surface area contributed by atoms with E-state index in [2.05, 4.69) is 25.7 Å². The lowest BCUT2D eigenvalue weighted by Crippen LogP contribution is -2.52. The van der Waals surface area contributed by atoms with Gasteiger partial charge in [-0.05, 0) is 50.1 Å². The van der Waals surface area contributed by atoms with Crippen LogP contribution in [0.2, 0.25) is 0 Å². The SMILES string of the molecule is CC(C)(C)C1CCN(C2CCCCC2N)CC1. The topological polar surface area (TPSA) is 29.3 Å². The molecule has 2 heteroatoms. The van der Waals surface area contributed by atoms with E-state index in [1.165, 1.54) is 51.6 Å². The summed E-state index contributed by atoms with van der Waals surface area (Å²) in [6.07, 6.45) is 8.04. The minimum atomic E-state index is 0.440. The normalized spacial score (nSPS) is 33.9. The van der Waals surface area contributed by atoms with Crippen molar-refractivity contribution in [2.45, 2.75) is 71.4 Å². The largest absolute Gasteiger partial charge is 0.326 e. The Kier molecular flexibility index (Phi) is 4.14. The fraction of sp³-hybridized carbons (Fsp3) is 1.00. The minimum absolute atomic E-state index is 0.440. The maximum absolute atomic E-state index is 6.29. The molecule has 2 aliphatic rings. The van der Waals surface area contributed by atoms with Gasteiger partial charge >= 0.3 is 0 Å². The Bertz CT molecular complexity index is 236. The molecule has 1 aliphatic carbocycles. The van der Waals surface area contributed by atoms with E-state index in [-0.39, 0.29) is 0 Å². The molecule has 2 N–H and O–H groups in total. The van der Waals surface area contributed by atoms with E-state index in [0.29, 0.717) is 17.5 Å². The lowest BCUT2D eigenvalue weighted by Gasteiger charge is -2.44. The number of piperidine rings is 1. The van der Waals surface area contributed by atoms with Crippen molar-refractivity contribution in [2.24, 2.45) is 17.1 Å². The molecule has 0 spiro atoms. The van der Waals surface area contributed by atoms with Crippen LogP contribution < -0.4 is 5.73 Å². The second-order valence-electron chi connectivity index (χ2n) is 7.19. The molecule has 2 nitrogen and oxygen atoms in total. The lowest BCUT2D eigenvalue weighted by molar-refractivity contribution is 0.0603. The Morgan fingerprint density at radius 3 is 2.06 bits per heavy atom. The first-order valence-electron chi connectivity index (χ1n) is 7.48. The number of nitrogens with zero attached hydrogens (tertiary/aromatic N) is 1. The molecule has 0 aromatic rings. The molecule has 100 valence electrons. The first kappa shape index (κ1) is 13.4. The zero-order valence-electron chi connectivity index (χ0n) is 11.9. The highest BCUT2D eigenvalue weighted by Crippen LogP contribution is 2.35. The summed E-state index contributed by atoms with van der Waals surface area (Å²) >= 11 is 0. The summed E-state index contributed by atoms with van der Waals surface area (Å²) in [6, 6.07) is 1.12. The van der Waals surface area contributed by atoms with Gasteiger partial charge in [-0.2, -0.15) is 0 Å². The quantitative estimate of drug-likeness (QED) is 0.761. The lowest BCUT2D eigenvalue weighted by atomic mass is 9.74. The smallest absolute Gasteiger partial charge is 0.0247 e. The van der Waals surface area contributed by atoms with Gasteiger partial charge in [0, 0.05) is 12.1 Å². The molecule has 17 heavy (non-hydrogen) atoms. The van der Waals surface area contributed by atoms with Crippen LogP contribution in [0.1, 0.15) is 59.3 Å². The van der Waals surface area contributed by atoms with Gasteiger partial charge in [-0.3, -0.25) is 4.90 Å². The number of likely N-dealkylation sites (tertiary alicyclic amines) is 1. The Labute approximate surface area is 107 Å². The zero-order chi connectivity index (χ0) is 12.5. The molecule has 1 heterocycles. The second-order valence-corrected chi connectivity index (χ2v) is 7.19. The average molecular weight is 238 g/mol. The van der Waals surface area contributed by atoms with Crippen LogP contribution in [0.25, 0.3) is 0 Å². The van der Waals surface area contributed by atoms with Gasteiger partial charge in [-0.1, -0.05) is 33.6 Å². The summed E-state index contributed by atoms with van der Waals surface area (Å²) in [4.78, 5) is 2.69. The molecule has 0 aromatic carbocycles. The van der Waals surface area contributed by atoms with Gasteiger partial charge in [0.25, 0.3) is 0 Å². The summed E-state index contributed by atoms with van der Waals surface area (Å²) in [7, 11) is 0. The van der Waals surface area contributed by atoms with Crippen LogP contribution in [0.3, 0.4) is 0 Å². The van der Waals surface area contributed by atoms with Crippen LogP contribution in [-0.4, -0.2) is 30.1 Å². The van der Waals surface area contributed by atoms with E-state index < -0.39 is 0 Å². The minimum Gasteiger partial charge on any atom is -0.326 e. The fourth-order valence-corrected chi connectivity index (χ4v) is 3.69. The van der Waals surface area contributed by atoms with Crippen molar-refractivity contribution >= 4 is 0 Å². The predicted octanol–water partition coefficient (Wildman–Crippen LogP) is 3.01. The van der Waals surface area contributed by atoms with Crippen molar-refractivity contribution in [3.8, 4) is 0 Å². The van der Waals surface area contributed by atoms with Gasteiger partial charge in [0.15, 0.2) is 0 Å². The molecular weight excluding hydrogens is 208 g/mol. The highest BCUT2D eigenvalue weighted by Gasteiger charge is 2.33. The number of hydrogen-bond donors (Lipinski definition) is 1. The van der Waals surface area contributed by atoms with Crippen LogP contribution in [0.4, 0.5) is 0 Å². The summed E-state index contributed by atoms with van der Waals surface area (Å²) in [5.41, 5.74) is 6.78. The average Bonchev–Trinajstić information content (AvgIpc) is 2.29. The summed E-state index contributed by atoms with van der Waals surface area (Å²) in [5.74, 6) is 0.901. The molecule has 1 saturated carbocycles. The van der Waals surface area contributed by atoms with Crippen LogP contribution in [-0.2, 0) is 0 Å². The maximum Gasteiger partial charge on any atom is 0.0247 e. The van der Waals surface area contributed by atoms with Crippen molar-refractivity contribution in [3.63, 3.8) is 0 Å². The Morgan fingerprint density at radius 1 is 0.941 bits per heavy atom. The Morgan fingerprint density at radius 2 is 1.53 bits per heavy atom. The highest BCUT2D eigenvalue weighted by molar-refractivity contribution is 4.89. The molecule has 1 saturated heterocycles. The van der Waals surface area contributed by atoms with Crippen molar-refractivity contribution in [3.05, 3.63) is 0 Å². The van der Waals surface area contributed by atoms with Gasteiger partial charge in [-0.15, -0.1) is 0 Å². The van der Waals surface area contributed by atoms with Crippen LogP contribution >= 0.6 is 0 Å². The third kappa shape index (κ3) is 3.23. The second kappa shape index (κ2) is 5.27. The van der Waals surface area contributed by atoms with Gasteiger partial charge in [-0.25, -0.2) is 0 Å². The highest BCUT2D eigenvalue weighted by atomic mass is 15.2. The molecule has 2 atom stereocenters. The van der Waals surface area contributed by atoms with E-state index in [0.717, 1.165) is 5.92 Å². The first-order valence-corrected chi connectivity index (χ1v) is 7.48. The van der Waals surface area contributed by atoms with Crippen molar-refractivity contribution < 1.29 is 0 Å². The summed E-state index contributed by atoms with van der Waals surface area (Å²) in [5, 5.41) is 0. The number of hydrogen-bond acceptors (Lipinski definition) is 2. The van der Waals surface area contributed by atoms with E-state index in [4.69, 9.17) is 5.73 Å². The molecule has 0 bridgehead atoms. The zero-order valence-corrected chi connectivity index (χ0v) is 11.9. The Hall–Kier alpha value is -0.0800. The molecule has 2 fully saturated rings. The number of nitrogens with two attached hydrogens (primary N) is 1. The van der Waals surface area contributed by atoms with Crippen molar-refractivity contribution in [1.82, 2.24) is 4.90 Å². The maximum atomic E-state index is 6.29. The Balaban J connectivity index is 1.86. The van der Waals surface area contributed by atoms with Gasteiger partial charge in [0.2, 0.25) is 0 Å². The molecule has 2 rings (SSSR count).